The lowest BCUT2D eigenvalue weighted by atomic mass is 9.93. The molecule has 324 valence electrons. The first-order valence-corrected chi connectivity index (χ1v) is 15.7. The molecule has 58 heavy (non-hydrogen) atoms. The van der Waals surface area contributed by atoms with Crippen molar-refractivity contribution in [2.75, 3.05) is 0 Å². The van der Waals surface area contributed by atoms with Crippen molar-refractivity contribution < 1.29 is 108 Å². The molecule has 0 aliphatic carbocycles. The van der Waals surface area contributed by atoms with Crippen molar-refractivity contribution in [1.82, 2.24) is 0 Å². The number of rotatable bonds is 12. The summed E-state index contributed by atoms with van der Waals surface area (Å²) >= 11 is 0. The monoisotopic (exact) mass is 872 g/mol. The van der Waals surface area contributed by atoms with Crippen molar-refractivity contribution in [2.45, 2.75) is 95.4 Å². The molecule has 0 unspecified atom stereocenters. The highest BCUT2D eigenvalue weighted by Crippen LogP contribution is 2.43. The van der Waals surface area contributed by atoms with Crippen LogP contribution in [0.5, 0.6) is 0 Å². The molecule has 0 spiro atoms. The average molecular weight is 872 g/mol. The summed E-state index contributed by atoms with van der Waals surface area (Å²) < 4.78 is 244. The van der Waals surface area contributed by atoms with E-state index < -0.39 is 111 Å². The lowest BCUT2D eigenvalue weighted by Gasteiger charge is -2.31. The van der Waals surface area contributed by atoms with Crippen molar-refractivity contribution >= 4 is 7.32 Å². The van der Waals surface area contributed by atoms with Gasteiger partial charge in [0.15, 0.2) is 0 Å². The predicted octanol–water partition coefficient (Wildman–Crippen LogP) is 12.7. The van der Waals surface area contributed by atoms with Gasteiger partial charge in [0, 0.05) is 0 Å². The first-order chi connectivity index (χ1) is 25.7. The van der Waals surface area contributed by atoms with Gasteiger partial charge >= 0.3 is 44.4 Å². The van der Waals surface area contributed by atoms with Gasteiger partial charge < -0.3 is 0 Å². The summed E-state index contributed by atoms with van der Waals surface area (Å²) in [6, 6.07) is 0.488. The largest absolute Gasteiger partial charge is 0.725 e. The molecule has 25 heteroatoms. The van der Waals surface area contributed by atoms with Gasteiger partial charge in [-0.05, 0) is 113 Å². The van der Waals surface area contributed by atoms with Gasteiger partial charge in [0.05, 0.1) is 33.4 Å². The zero-order chi connectivity index (χ0) is 44.9. The molecule has 0 aliphatic heterocycles. The molecular formula is C33H27BF18O6. The fraction of sp³-hybridized carbons (Fsp3) is 0.455. The van der Waals surface area contributed by atoms with Gasteiger partial charge in [0.25, 0.3) is 0 Å². The topological polar surface area (TPSA) is 55.4 Å². The van der Waals surface area contributed by atoms with Gasteiger partial charge in [-0.25, -0.2) is 29.1 Å². The average Bonchev–Trinajstić information content (AvgIpc) is 3.05. The quantitative estimate of drug-likeness (QED) is 0.0782. The Hall–Kier alpha value is -3.78. The lowest BCUT2D eigenvalue weighted by Crippen LogP contribution is -2.37. The molecule has 0 fully saturated rings. The molecule has 0 saturated heterocycles. The van der Waals surface area contributed by atoms with Crippen molar-refractivity contribution in [3.05, 3.63) is 105 Å². The summed E-state index contributed by atoms with van der Waals surface area (Å²) in [5, 5.41) is 0. The Kier molecular flexibility index (Phi) is 13.4. The van der Waals surface area contributed by atoms with Crippen LogP contribution in [0.4, 0.5) is 79.0 Å². The SMILES string of the molecule is CC(C)(OOB(OOC(C)(C)c1cc(C(F)(F)F)cc(C(F)(F)F)c1)OOC(C)(C)c1cc(C(F)(F)F)cc(C(F)(F)F)c1)c1cc(C(F)(F)F)cc(C(F)(F)F)c1. The maximum atomic E-state index is 13.5. The normalized spacial score (nSPS) is 14.3. The number of hydrogen-bond acceptors (Lipinski definition) is 6. The van der Waals surface area contributed by atoms with Crippen molar-refractivity contribution in [3.8, 4) is 0 Å². The van der Waals surface area contributed by atoms with E-state index in [1.807, 2.05) is 0 Å². The third kappa shape index (κ3) is 12.6. The summed E-state index contributed by atoms with van der Waals surface area (Å²) in [6.45, 7) is 4.90. The lowest BCUT2D eigenvalue weighted by molar-refractivity contribution is -0.406. The van der Waals surface area contributed by atoms with Gasteiger partial charge in [-0.2, -0.15) is 79.0 Å². The van der Waals surface area contributed by atoms with E-state index in [1.54, 1.807) is 0 Å². The number of benzene rings is 3. The maximum Gasteiger partial charge on any atom is 0.725 e. The summed E-state index contributed by atoms with van der Waals surface area (Å²) in [5.74, 6) is 0. The Balaban J connectivity index is 2.07. The predicted molar refractivity (Wildman–Crippen MR) is 161 cm³/mol. The number of halogens is 18. The van der Waals surface area contributed by atoms with Crippen LogP contribution < -0.4 is 0 Å². The minimum absolute atomic E-state index is 0.201. The zero-order valence-corrected chi connectivity index (χ0v) is 30.0. The molecule has 0 heterocycles. The molecule has 0 atom stereocenters. The summed E-state index contributed by atoms with van der Waals surface area (Å²) in [4.78, 5) is 29.3. The highest BCUT2D eigenvalue weighted by Gasteiger charge is 2.44. The first-order valence-electron chi connectivity index (χ1n) is 15.7. The van der Waals surface area contributed by atoms with Crippen molar-refractivity contribution in [2.24, 2.45) is 0 Å². The molecule has 3 aromatic rings. The summed E-state index contributed by atoms with van der Waals surface area (Å²) in [5.41, 5.74) is -20.9. The molecule has 0 radical (unpaired) electrons. The second-order valence-electron chi connectivity index (χ2n) is 13.7. The van der Waals surface area contributed by atoms with Crippen LogP contribution in [0.1, 0.15) is 91.6 Å². The minimum atomic E-state index is -5.36. The smallest absolute Gasteiger partial charge is 0.236 e. The Labute approximate surface area is 315 Å². The van der Waals surface area contributed by atoms with Crippen LogP contribution in [0.2, 0.25) is 0 Å². The highest BCUT2D eigenvalue weighted by molar-refractivity contribution is 6.35. The highest BCUT2D eigenvalue weighted by atomic mass is 19.4. The molecule has 6 nitrogen and oxygen atoms in total. The maximum absolute atomic E-state index is 13.5. The second kappa shape index (κ2) is 16.0. The van der Waals surface area contributed by atoms with E-state index in [-0.39, 0.29) is 54.6 Å². The van der Waals surface area contributed by atoms with Crippen LogP contribution in [-0.2, 0) is 82.9 Å². The third-order valence-electron chi connectivity index (χ3n) is 7.85. The Morgan fingerprint density at radius 3 is 0.552 bits per heavy atom. The molecule has 3 aromatic carbocycles. The van der Waals surface area contributed by atoms with E-state index in [4.69, 9.17) is 29.1 Å². The van der Waals surface area contributed by atoms with Crippen molar-refractivity contribution in [1.29, 1.82) is 0 Å². The molecule has 0 aliphatic rings. The van der Waals surface area contributed by atoms with E-state index in [2.05, 4.69) is 0 Å². The van der Waals surface area contributed by atoms with Gasteiger partial charge in [-0.1, -0.05) is 0 Å². The Bertz CT molecular complexity index is 1590. The fourth-order valence-corrected chi connectivity index (χ4v) is 4.58. The standard InChI is InChI=1S/C33H27BF18O6/c1-25(2,16-7-19(28(35,36)37)13-20(8-16)29(38,39)40)53-56-34(57-54-26(3,4)17-9-21(30(41,42)43)14-22(10-17)31(44,45)46)58-55-27(5,6)18-11-23(32(47,48)49)15-24(12-18)33(50,51)52/h7-15H,1-6H3. The van der Waals surface area contributed by atoms with Gasteiger partial charge in [-0.15, -0.1) is 0 Å². The molecular weight excluding hydrogens is 845 g/mol. The minimum Gasteiger partial charge on any atom is -0.236 e. The molecule has 0 bridgehead atoms. The molecule has 3 rings (SSSR count). The van der Waals surface area contributed by atoms with Crippen LogP contribution in [0, 0.1) is 0 Å². The first kappa shape index (κ1) is 48.6. The van der Waals surface area contributed by atoms with E-state index >= 15 is 0 Å². The third-order valence-corrected chi connectivity index (χ3v) is 7.85. The van der Waals surface area contributed by atoms with Crippen LogP contribution in [0.15, 0.2) is 54.6 Å². The van der Waals surface area contributed by atoms with E-state index in [9.17, 15) is 79.0 Å². The summed E-state index contributed by atoms with van der Waals surface area (Å²) in [6.07, 6.45) is -32.1. The fourth-order valence-electron chi connectivity index (χ4n) is 4.58. The van der Waals surface area contributed by atoms with Crippen LogP contribution in [-0.4, -0.2) is 7.32 Å². The van der Waals surface area contributed by atoms with Crippen LogP contribution in [0.25, 0.3) is 0 Å². The van der Waals surface area contributed by atoms with Gasteiger partial charge in [0.1, 0.15) is 16.8 Å². The van der Waals surface area contributed by atoms with E-state index in [0.29, 0.717) is 0 Å². The van der Waals surface area contributed by atoms with E-state index in [1.165, 1.54) is 0 Å². The Morgan fingerprint density at radius 1 is 0.276 bits per heavy atom. The molecule has 0 N–H and O–H groups in total. The zero-order valence-electron chi connectivity index (χ0n) is 30.0. The van der Waals surface area contributed by atoms with E-state index in [0.717, 1.165) is 41.5 Å². The number of alkyl halides is 18. The molecule has 0 saturated carbocycles. The molecule has 0 aromatic heterocycles. The Morgan fingerprint density at radius 2 is 0.414 bits per heavy atom. The second-order valence-corrected chi connectivity index (χ2v) is 13.7. The molecule has 0 amide bonds. The van der Waals surface area contributed by atoms with Crippen molar-refractivity contribution in [3.63, 3.8) is 0 Å². The van der Waals surface area contributed by atoms with Crippen LogP contribution >= 0.6 is 0 Å². The van der Waals surface area contributed by atoms with Crippen LogP contribution in [0.3, 0.4) is 0 Å². The number of hydrogen-bond donors (Lipinski definition) is 0. The van der Waals surface area contributed by atoms with Gasteiger partial charge in [0.2, 0.25) is 0 Å². The van der Waals surface area contributed by atoms with Gasteiger partial charge in [-0.3, -0.25) is 0 Å². The summed E-state index contributed by atoms with van der Waals surface area (Å²) in [7, 11) is -2.86.